The summed E-state index contributed by atoms with van der Waals surface area (Å²) in [6.07, 6.45) is 1.88. The Morgan fingerprint density at radius 1 is 0.923 bits per heavy atom. The van der Waals surface area contributed by atoms with Crippen molar-refractivity contribution >= 4 is 43.8 Å². The van der Waals surface area contributed by atoms with Gasteiger partial charge in [0.05, 0.1) is 5.69 Å². The summed E-state index contributed by atoms with van der Waals surface area (Å²) in [5, 5.41) is 0. The van der Waals surface area contributed by atoms with E-state index in [1.807, 2.05) is 48.7 Å². The molecular weight excluding hydrogens is 454 g/mol. The number of aliphatic imine (C=N–C) groups is 1. The fraction of sp³-hybridized carbons (Fsp3) is 0.136. The van der Waals surface area contributed by atoms with E-state index in [0.717, 1.165) is 31.5 Å². The average Bonchev–Trinajstić information content (AvgIpc) is 2.61. The van der Waals surface area contributed by atoms with Gasteiger partial charge in [-0.05, 0) is 67.4 Å². The Kier molecular flexibility index (Phi) is 6.28. The first-order valence-electron chi connectivity index (χ1n) is 8.29. The van der Waals surface area contributed by atoms with E-state index in [1.165, 1.54) is 11.1 Å². The van der Waals surface area contributed by atoms with Gasteiger partial charge < -0.3 is 4.74 Å². The second-order valence-electron chi connectivity index (χ2n) is 6.14. The monoisotopic (exact) mass is 471 g/mol. The van der Waals surface area contributed by atoms with E-state index in [1.54, 1.807) is 0 Å². The van der Waals surface area contributed by atoms with Gasteiger partial charge in [0.25, 0.3) is 0 Å². The van der Waals surface area contributed by atoms with Crippen LogP contribution in [0.3, 0.4) is 0 Å². The highest BCUT2D eigenvalue weighted by Crippen LogP contribution is 2.24. The molecule has 0 atom stereocenters. The van der Waals surface area contributed by atoms with E-state index in [4.69, 9.17) is 4.74 Å². The molecule has 0 saturated carbocycles. The molecule has 3 aromatic carbocycles. The van der Waals surface area contributed by atoms with Gasteiger partial charge in [-0.1, -0.05) is 55.6 Å². The van der Waals surface area contributed by atoms with E-state index in [2.05, 4.69) is 68.9 Å². The molecule has 132 valence electrons. The lowest BCUT2D eigenvalue weighted by atomic mass is 10.1. The van der Waals surface area contributed by atoms with Crippen molar-refractivity contribution in [2.24, 2.45) is 4.99 Å². The van der Waals surface area contributed by atoms with E-state index in [0.29, 0.717) is 6.61 Å². The van der Waals surface area contributed by atoms with Crippen molar-refractivity contribution in [3.63, 3.8) is 0 Å². The Bertz CT molecular complexity index is 933. The molecule has 0 aliphatic carbocycles. The summed E-state index contributed by atoms with van der Waals surface area (Å²) >= 11 is 7.01. The van der Waals surface area contributed by atoms with Gasteiger partial charge in [-0.3, -0.25) is 4.99 Å². The minimum Gasteiger partial charge on any atom is -0.489 e. The molecule has 26 heavy (non-hydrogen) atoms. The number of benzene rings is 3. The van der Waals surface area contributed by atoms with Crippen LogP contribution in [0, 0.1) is 13.8 Å². The number of aryl methyl sites for hydroxylation is 2. The summed E-state index contributed by atoms with van der Waals surface area (Å²) in [5.74, 6) is 0.837. The van der Waals surface area contributed by atoms with Crippen LogP contribution >= 0.6 is 31.9 Å². The minimum absolute atomic E-state index is 0.518. The van der Waals surface area contributed by atoms with E-state index < -0.39 is 0 Å². The minimum atomic E-state index is 0.518. The molecule has 0 spiro atoms. The predicted octanol–water partition coefficient (Wildman–Crippen LogP) is 7.16. The molecule has 0 radical (unpaired) electrons. The van der Waals surface area contributed by atoms with Gasteiger partial charge in [0.1, 0.15) is 12.4 Å². The van der Waals surface area contributed by atoms with Crippen molar-refractivity contribution in [3.8, 4) is 5.75 Å². The summed E-state index contributed by atoms with van der Waals surface area (Å²) in [7, 11) is 0. The number of hydrogen-bond donors (Lipinski definition) is 0. The van der Waals surface area contributed by atoms with Crippen LogP contribution in [-0.2, 0) is 6.61 Å². The molecule has 0 saturated heterocycles. The third-order valence-corrected chi connectivity index (χ3v) is 5.23. The van der Waals surface area contributed by atoms with Crippen LogP contribution in [0.5, 0.6) is 5.75 Å². The number of rotatable bonds is 5. The van der Waals surface area contributed by atoms with E-state index in [9.17, 15) is 0 Å². The zero-order valence-electron chi connectivity index (χ0n) is 14.7. The van der Waals surface area contributed by atoms with Crippen LogP contribution in [0.4, 0.5) is 5.69 Å². The summed E-state index contributed by atoms with van der Waals surface area (Å²) in [6, 6.07) is 20.3. The summed E-state index contributed by atoms with van der Waals surface area (Å²) in [5.41, 5.74) is 5.58. The lowest BCUT2D eigenvalue weighted by Gasteiger charge is -2.08. The maximum Gasteiger partial charge on any atom is 0.119 e. The molecule has 0 N–H and O–H groups in total. The van der Waals surface area contributed by atoms with Crippen LogP contribution in [-0.4, -0.2) is 6.21 Å². The summed E-state index contributed by atoms with van der Waals surface area (Å²) in [4.78, 5) is 4.58. The van der Waals surface area contributed by atoms with Gasteiger partial charge in [0.15, 0.2) is 0 Å². The van der Waals surface area contributed by atoms with Gasteiger partial charge in [0.2, 0.25) is 0 Å². The van der Waals surface area contributed by atoms with E-state index in [-0.39, 0.29) is 0 Å². The second-order valence-corrected chi connectivity index (χ2v) is 7.91. The van der Waals surface area contributed by atoms with Crippen molar-refractivity contribution < 1.29 is 4.74 Å². The lowest BCUT2D eigenvalue weighted by molar-refractivity contribution is 0.305. The molecule has 0 fully saturated rings. The zero-order valence-corrected chi connectivity index (χ0v) is 17.8. The Labute approximate surface area is 171 Å². The Balaban J connectivity index is 1.63. The van der Waals surface area contributed by atoms with Gasteiger partial charge in [-0.15, -0.1) is 0 Å². The first-order chi connectivity index (χ1) is 12.5. The fourth-order valence-corrected chi connectivity index (χ4v) is 3.71. The number of hydrogen-bond acceptors (Lipinski definition) is 2. The van der Waals surface area contributed by atoms with E-state index >= 15 is 0 Å². The topological polar surface area (TPSA) is 21.6 Å². The molecule has 0 aromatic heterocycles. The van der Waals surface area contributed by atoms with Crippen molar-refractivity contribution in [1.82, 2.24) is 0 Å². The van der Waals surface area contributed by atoms with Crippen molar-refractivity contribution in [3.05, 3.63) is 91.9 Å². The molecule has 2 nitrogen and oxygen atoms in total. The van der Waals surface area contributed by atoms with Crippen molar-refractivity contribution in [2.45, 2.75) is 20.5 Å². The normalized spacial score (nSPS) is 11.1. The van der Waals surface area contributed by atoms with Gasteiger partial charge in [-0.25, -0.2) is 0 Å². The SMILES string of the molecule is Cc1ccc(N=Cc2ccc(OCc3ccc(Br)cc3Br)cc2)c(C)c1. The predicted molar refractivity (Wildman–Crippen MR) is 116 cm³/mol. The molecule has 0 aliphatic heterocycles. The second kappa shape index (κ2) is 8.65. The first-order valence-corrected chi connectivity index (χ1v) is 9.88. The zero-order chi connectivity index (χ0) is 18.5. The standard InChI is InChI=1S/C22H19Br2NO/c1-15-3-10-22(16(2)11-15)25-13-17-4-8-20(9-5-17)26-14-18-6-7-19(23)12-21(18)24/h3-13H,14H2,1-2H3. The maximum atomic E-state index is 5.87. The van der Waals surface area contributed by atoms with Crippen LogP contribution in [0.2, 0.25) is 0 Å². The largest absolute Gasteiger partial charge is 0.489 e. The third kappa shape index (κ3) is 5.05. The molecule has 0 unspecified atom stereocenters. The molecule has 0 bridgehead atoms. The molecule has 0 heterocycles. The lowest BCUT2D eigenvalue weighted by Crippen LogP contribution is -1.96. The van der Waals surface area contributed by atoms with Crippen LogP contribution < -0.4 is 4.74 Å². The highest BCUT2D eigenvalue weighted by molar-refractivity contribution is 9.11. The van der Waals surface area contributed by atoms with Crippen molar-refractivity contribution in [1.29, 1.82) is 0 Å². The third-order valence-electron chi connectivity index (χ3n) is 3.99. The fourth-order valence-electron chi connectivity index (χ4n) is 2.54. The molecule has 4 heteroatoms. The van der Waals surface area contributed by atoms with Gasteiger partial charge >= 0.3 is 0 Å². The van der Waals surface area contributed by atoms with Crippen LogP contribution in [0.15, 0.2) is 74.6 Å². The molecule has 3 aromatic rings. The highest BCUT2D eigenvalue weighted by atomic mass is 79.9. The first kappa shape index (κ1) is 18.9. The average molecular weight is 473 g/mol. The van der Waals surface area contributed by atoms with Gasteiger partial charge in [0, 0.05) is 20.7 Å². The highest BCUT2D eigenvalue weighted by Gasteiger charge is 2.02. The maximum absolute atomic E-state index is 5.87. The van der Waals surface area contributed by atoms with Gasteiger partial charge in [-0.2, -0.15) is 0 Å². The van der Waals surface area contributed by atoms with Crippen LogP contribution in [0.1, 0.15) is 22.3 Å². The molecule has 3 rings (SSSR count). The number of halogens is 2. The Hall–Kier alpha value is -1.91. The van der Waals surface area contributed by atoms with Crippen LogP contribution in [0.25, 0.3) is 0 Å². The quantitative estimate of drug-likeness (QED) is 0.361. The Morgan fingerprint density at radius 2 is 1.69 bits per heavy atom. The summed E-state index contributed by atoms with van der Waals surface area (Å²) < 4.78 is 7.95. The smallest absolute Gasteiger partial charge is 0.119 e. The molecule has 0 amide bonds. The Morgan fingerprint density at radius 3 is 2.38 bits per heavy atom. The van der Waals surface area contributed by atoms with Crippen molar-refractivity contribution in [2.75, 3.05) is 0 Å². The molecular formula is C22H19Br2NO. The number of nitrogens with zero attached hydrogens (tertiary/aromatic N) is 1. The summed E-state index contributed by atoms with van der Waals surface area (Å²) in [6.45, 7) is 4.69. The molecule has 0 aliphatic rings. The number of ether oxygens (including phenoxy) is 1.